The highest BCUT2D eigenvalue weighted by molar-refractivity contribution is 7.99. The number of nitrogens with zero attached hydrogens (tertiary/aromatic N) is 4. The van der Waals surface area contributed by atoms with E-state index in [4.69, 9.17) is 4.74 Å². The molecule has 134 valence electrons. The highest BCUT2D eigenvalue weighted by Gasteiger charge is 2.15. The molecule has 0 aliphatic heterocycles. The molecule has 0 aliphatic carbocycles. The van der Waals surface area contributed by atoms with Crippen LogP contribution in [0.25, 0.3) is 5.69 Å². The first-order valence-electron chi connectivity index (χ1n) is 7.69. The lowest BCUT2D eigenvalue weighted by Gasteiger charge is -2.10. The highest BCUT2D eigenvalue weighted by atomic mass is 32.2. The molecule has 26 heavy (non-hydrogen) atoms. The van der Waals surface area contributed by atoms with E-state index in [0.29, 0.717) is 22.3 Å². The molecule has 0 saturated heterocycles. The fourth-order valence-corrected chi connectivity index (χ4v) is 2.95. The first-order chi connectivity index (χ1) is 12.6. The minimum absolute atomic E-state index is 0.0749. The van der Waals surface area contributed by atoms with Gasteiger partial charge in [-0.1, -0.05) is 30.0 Å². The van der Waals surface area contributed by atoms with Crippen molar-refractivity contribution < 1.29 is 13.9 Å². The minimum atomic E-state index is -0.404. The van der Waals surface area contributed by atoms with Gasteiger partial charge in [0.2, 0.25) is 11.1 Å². The van der Waals surface area contributed by atoms with Crippen LogP contribution in [0.4, 0.5) is 10.1 Å². The SMILES string of the molecule is COc1ccccc1-n1nnnc1SCC(=O)Nc1cc(F)ccc1C. The minimum Gasteiger partial charge on any atom is -0.494 e. The van der Waals surface area contributed by atoms with Crippen LogP contribution in [0.5, 0.6) is 5.75 Å². The summed E-state index contributed by atoms with van der Waals surface area (Å²) in [7, 11) is 1.56. The number of thioether (sulfide) groups is 1. The zero-order valence-corrected chi connectivity index (χ0v) is 15.0. The van der Waals surface area contributed by atoms with E-state index in [1.807, 2.05) is 18.2 Å². The lowest BCUT2D eigenvalue weighted by molar-refractivity contribution is -0.113. The van der Waals surface area contributed by atoms with Crippen LogP contribution in [0.2, 0.25) is 0 Å². The van der Waals surface area contributed by atoms with Gasteiger partial charge in [-0.05, 0) is 47.2 Å². The average Bonchev–Trinajstić information content (AvgIpc) is 3.11. The quantitative estimate of drug-likeness (QED) is 0.669. The van der Waals surface area contributed by atoms with Crippen LogP contribution < -0.4 is 10.1 Å². The second-order valence-electron chi connectivity index (χ2n) is 5.34. The Bertz CT molecular complexity index is 931. The maximum absolute atomic E-state index is 13.3. The summed E-state index contributed by atoms with van der Waals surface area (Å²) in [6.45, 7) is 1.80. The third-order valence-electron chi connectivity index (χ3n) is 3.56. The molecule has 1 aromatic heterocycles. The number of tetrazole rings is 1. The molecule has 0 atom stereocenters. The molecule has 2 aromatic carbocycles. The molecule has 3 aromatic rings. The summed E-state index contributed by atoms with van der Waals surface area (Å²) >= 11 is 1.17. The Morgan fingerprint density at radius 2 is 2.12 bits per heavy atom. The molecule has 0 bridgehead atoms. The van der Waals surface area contributed by atoms with Crippen molar-refractivity contribution in [2.45, 2.75) is 12.1 Å². The van der Waals surface area contributed by atoms with Gasteiger partial charge in [-0.3, -0.25) is 4.79 Å². The van der Waals surface area contributed by atoms with Crippen LogP contribution in [-0.2, 0) is 4.79 Å². The van der Waals surface area contributed by atoms with Crippen molar-refractivity contribution >= 4 is 23.4 Å². The van der Waals surface area contributed by atoms with Crippen molar-refractivity contribution in [3.8, 4) is 11.4 Å². The standard InChI is InChI=1S/C17H16FN5O2S/c1-11-7-8-12(18)9-13(11)19-16(24)10-26-17-20-21-22-23(17)14-5-3-4-6-15(14)25-2/h3-9H,10H2,1-2H3,(H,19,24). The molecule has 0 radical (unpaired) electrons. The normalized spacial score (nSPS) is 10.6. The topological polar surface area (TPSA) is 81.9 Å². The predicted octanol–water partition coefficient (Wildman–Crippen LogP) is 2.85. The van der Waals surface area contributed by atoms with Gasteiger partial charge in [0, 0.05) is 5.69 Å². The summed E-state index contributed by atoms with van der Waals surface area (Å²) in [5.74, 6) is 0.00398. The number of carbonyl (C=O) groups excluding carboxylic acids is 1. The first-order valence-corrected chi connectivity index (χ1v) is 8.67. The summed E-state index contributed by atoms with van der Waals surface area (Å²) in [4.78, 5) is 12.2. The molecule has 1 heterocycles. The number of anilines is 1. The Morgan fingerprint density at radius 1 is 1.31 bits per heavy atom. The number of rotatable bonds is 6. The van der Waals surface area contributed by atoms with E-state index in [1.54, 1.807) is 26.2 Å². The van der Waals surface area contributed by atoms with Crippen molar-refractivity contribution in [2.24, 2.45) is 0 Å². The molecule has 0 saturated carbocycles. The largest absolute Gasteiger partial charge is 0.494 e. The van der Waals surface area contributed by atoms with Gasteiger partial charge in [-0.15, -0.1) is 5.10 Å². The maximum atomic E-state index is 13.3. The molecule has 3 rings (SSSR count). The number of hydrogen-bond donors (Lipinski definition) is 1. The van der Waals surface area contributed by atoms with Crippen LogP contribution in [0, 0.1) is 12.7 Å². The van der Waals surface area contributed by atoms with Gasteiger partial charge in [0.05, 0.1) is 12.9 Å². The Hall–Kier alpha value is -2.94. The van der Waals surface area contributed by atoms with Crippen LogP contribution in [0.3, 0.4) is 0 Å². The van der Waals surface area contributed by atoms with Gasteiger partial charge >= 0.3 is 0 Å². The summed E-state index contributed by atoms with van der Waals surface area (Å²) in [6, 6.07) is 11.5. The lowest BCUT2D eigenvalue weighted by Crippen LogP contribution is -2.15. The second kappa shape index (κ2) is 7.96. The Kier molecular flexibility index (Phi) is 5.47. The number of aryl methyl sites for hydroxylation is 1. The van der Waals surface area contributed by atoms with Gasteiger partial charge in [0.1, 0.15) is 17.3 Å². The van der Waals surface area contributed by atoms with Crippen LogP contribution in [-0.4, -0.2) is 39.0 Å². The number of benzene rings is 2. The molecule has 7 nitrogen and oxygen atoms in total. The van der Waals surface area contributed by atoms with E-state index in [0.717, 1.165) is 5.56 Å². The van der Waals surface area contributed by atoms with Gasteiger partial charge in [-0.25, -0.2) is 4.39 Å². The molecular weight excluding hydrogens is 357 g/mol. The van der Waals surface area contributed by atoms with Gasteiger partial charge in [-0.2, -0.15) is 4.68 Å². The number of methoxy groups -OCH3 is 1. The smallest absolute Gasteiger partial charge is 0.234 e. The number of aromatic nitrogens is 4. The average molecular weight is 373 g/mol. The van der Waals surface area contributed by atoms with E-state index < -0.39 is 5.82 Å². The molecule has 1 N–H and O–H groups in total. The number of hydrogen-bond acceptors (Lipinski definition) is 6. The Morgan fingerprint density at radius 3 is 2.92 bits per heavy atom. The van der Waals surface area contributed by atoms with Crippen molar-refractivity contribution in [1.82, 2.24) is 20.2 Å². The molecule has 0 unspecified atom stereocenters. The fourth-order valence-electron chi connectivity index (χ4n) is 2.27. The number of para-hydroxylation sites is 2. The number of halogens is 1. The van der Waals surface area contributed by atoms with Crippen LogP contribution >= 0.6 is 11.8 Å². The molecule has 9 heteroatoms. The van der Waals surface area contributed by atoms with E-state index in [-0.39, 0.29) is 11.7 Å². The second-order valence-corrected chi connectivity index (χ2v) is 6.28. The monoisotopic (exact) mass is 373 g/mol. The van der Waals surface area contributed by atoms with Crippen LogP contribution in [0.1, 0.15) is 5.56 Å². The van der Waals surface area contributed by atoms with Gasteiger partial charge in [0.15, 0.2) is 0 Å². The van der Waals surface area contributed by atoms with Gasteiger partial charge < -0.3 is 10.1 Å². The first kappa shape index (κ1) is 17.9. The molecular formula is C17H16FN5O2S. The predicted molar refractivity (Wildman–Crippen MR) is 96.2 cm³/mol. The number of amides is 1. The van der Waals surface area contributed by atoms with E-state index >= 15 is 0 Å². The Labute approximate surface area is 153 Å². The summed E-state index contributed by atoms with van der Waals surface area (Å²) in [6.07, 6.45) is 0. The third kappa shape index (κ3) is 3.99. The van der Waals surface area contributed by atoms with Crippen molar-refractivity contribution in [1.29, 1.82) is 0 Å². The summed E-state index contributed by atoms with van der Waals surface area (Å²) in [5.41, 5.74) is 1.90. The highest BCUT2D eigenvalue weighted by Crippen LogP contribution is 2.25. The van der Waals surface area contributed by atoms with E-state index in [1.165, 1.54) is 28.6 Å². The molecule has 0 aliphatic rings. The number of ether oxygens (including phenoxy) is 1. The Balaban J connectivity index is 1.70. The van der Waals surface area contributed by atoms with Crippen LogP contribution in [0.15, 0.2) is 47.6 Å². The van der Waals surface area contributed by atoms with Crippen molar-refractivity contribution in [2.75, 3.05) is 18.2 Å². The summed E-state index contributed by atoms with van der Waals surface area (Å²) in [5, 5.41) is 14.7. The van der Waals surface area contributed by atoms with Gasteiger partial charge in [0.25, 0.3) is 0 Å². The zero-order chi connectivity index (χ0) is 18.5. The molecule has 0 fully saturated rings. The maximum Gasteiger partial charge on any atom is 0.234 e. The third-order valence-corrected chi connectivity index (χ3v) is 4.48. The zero-order valence-electron chi connectivity index (χ0n) is 14.1. The number of carbonyl (C=O) groups is 1. The lowest BCUT2D eigenvalue weighted by atomic mass is 10.2. The molecule has 1 amide bonds. The number of nitrogens with one attached hydrogen (secondary N) is 1. The van der Waals surface area contributed by atoms with E-state index in [2.05, 4.69) is 20.8 Å². The fraction of sp³-hybridized carbons (Fsp3) is 0.176. The summed E-state index contributed by atoms with van der Waals surface area (Å²) < 4.78 is 20.1. The molecule has 0 spiro atoms. The van der Waals surface area contributed by atoms with E-state index in [9.17, 15) is 9.18 Å². The van der Waals surface area contributed by atoms with Crippen molar-refractivity contribution in [3.05, 3.63) is 53.8 Å². The van der Waals surface area contributed by atoms with Crippen molar-refractivity contribution in [3.63, 3.8) is 0 Å².